The molecule has 29 heavy (non-hydrogen) atoms. The van der Waals surface area contributed by atoms with Gasteiger partial charge in [0.2, 0.25) is 0 Å². The van der Waals surface area contributed by atoms with E-state index in [0.29, 0.717) is 6.61 Å². The van der Waals surface area contributed by atoms with E-state index in [0.717, 1.165) is 11.1 Å². The van der Waals surface area contributed by atoms with E-state index < -0.39 is 28.5 Å². The highest BCUT2D eigenvalue weighted by Gasteiger charge is 2.25. The first kappa shape index (κ1) is 22.9. The van der Waals surface area contributed by atoms with E-state index in [1.54, 1.807) is 46.1 Å². The van der Waals surface area contributed by atoms with Crippen molar-refractivity contribution in [3.8, 4) is 0 Å². The monoisotopic (exact) mass is 421 g/mol. The molecule has 8 heteroatoms. The van der Waals surface area contributed by atoms with Gasteiger partial charge in [-0.3, -0.25) is 4.90 Å². The third-order valence-electron chi connectivity index (χ3n) is 3.75. The molecule has 0 radical (unpaired) electrons. The first-order valence-corrected chi connectivity index (χ1v) is 10.5. The number of carbonyl (C=O) groups is 1. The Bertz CT molecular complexity index is 889. The number of hydrogen-bond acceptors (Lipinski definition) is 6. The van der Waals surface area contributed by atoms with Crippen LogP contribution in [0.2, 0.25) is 0 Å². The Morgan fingerprint density at radius 2 is 1.55 bits per heavy atom. The van der Waals surface area contributed by atoms with Gasteiger partial charge < -0.3 is 9.47 Å². The van der Waals surface area contributed by atoms with Crippen molar-refractivity contribution in [2.24, 2.45) is 0 Å². The zero-order chi connectivity index (χ0) is 21.5. The number of amides is 1. The second-order valence-electron chi connectivity index (χ2n) is 7.44. The lowest BCUT2D eigenvalue weighted by Gasteiger charge is -2.27. The molecule has 0 aromatic heterocycles. The first-order valence-electron chi connectivity index (χ1n) is 9.10. The number of methoxy groups -OCH3 is 1. The first-order chi connectivity index (χ1) is 13.6. The van der Waals surface area contributed by atoms with Crippen molar-refractivity contribution < 1.29 is 26.9 Å². The third-order valence-corrected chi connectivity index (χ3v) is 5.02. The Hall–Kier alpha value is -2.42. The van der Waals surface area contributed by atoms with Crippen LogP contribution < -0.4 is 0 Å². The molecule has 2 aromatic rings. The van der Waals surface area contributed by atoms with Crippen LogP contribution in [0.15, 0.2) is 59.5 Å². The molecule has 2 aromatic carbocycles. The number of hydrogen-bond donors (Lipinski definition) is 0. The molecule has 0 heterocycles. The fourth-order valence-corrected chi connectivity index (χ4v) is 3.30. The van der Waals surface area contributed by atoms with Crippen molar-refractivity contribution in [2.75, 3.05) is 13.8 Å². The van der Waals surface area contributed by atoms with E-state index >= 15 is 0 Å². The summed E-state index contributed by atoms with van der Waals surface area (Å²) in [5, 5.41) is 0. The number of rotatable bonds is 8. The van der Waals surface area contributed by atoms with Gasteiger partial charge in [-0.15, -0.1) is 0 Å². The fraction of sp³-hybridized carbons (Fsp3) is 0.381. The van der Waals surface area contributed by atoms with Crippen LogP contribution in [0.4, 0.5) is 4.79 Å². The maximum Gasteiger partial charge on any atom is 0.412 e. The summed E-state index contributed by atoms with van der Waals surface area (Å²) in [6, 6.07) is 15.2. The van der Waals surface area contributed by atoms with E-state index in [1.807, 2.05) is 24.3 Å². The van der Waals surface area contributed by atoms with Crippen LogP contribution in [0.25, 0.3) is 0 Å². The summed E-state index contributed by atoms with van der Waals surface area (Å²) in [6.45, 7) is 5.37. The summed E-state index contributed by atoms with van der Waals surface area (Å²) < 4.78 is 40.4. The molecule has 7 nitrogen and oxygen atoms in total. The summed E-state index contributed by atoms with van der Waals surface area (Å²) in [4.78, 5) is 13.8. The highest BCUT2D eigenvalue weighted by Crippen LogP contribution is 2.16. The maximum atomic E-state index is 12.6. The van der Waals surface area contributed by atoms with Gasteiger partial charge in [0.15, 0.2) is 0 Å². The van der Waals surface area contributed by atoms with Crippen LogP contribution in [0.1, 0.15) is 31.9 Å². The largest absolute Gasteiger partial charge is 0.444 e. The molecule has 0 saturated carbocycles. The molecule has 2 rings (SSSR count). The van der Waals surface area contributed by atoms with Crippen molar-refractivity contribution in [3.63, 3.8) is 0 Å². The molecule has 0 spiro atoms. The molecule has 1 amide bonds. The Labute approximate surface area is 172 Å². The minimum atomic E-state index is -4.00. The topological polar surface area (TPSA) is 82.1 Å². The minimum Gasteiger partial charge on any atom is -0.444 e. The molecule has 0 saturated heterocycles. The van der Waals surface area contributed by atoms with Crippen LogP contribution in [0, 0.1) is 0 Å². The molecule has 0 aliphatic heterocycles. The number of ether oxygens (including phenoxy) is 2. The normalized spacial score (nSPS) is 11.9. The Morgan fingerprint density at radius 3 is 2.10 bits per heavy atom. The van der Waals surface area contributed by atoms with Crippen molar-refractivity contribution in [2.45, 2.75) is 44.4 Å². The highest BCUT2D eigenvalue weighted by molar-refractivity contribution is 7.86. The lowest BCUT2D eigenvalue weighted by atomic mass is 10.1. The van der Waals surface area contributed by atoms with Crippen LogP contribution in [0.3, 0.4) is 0 Å². The zero-order valence-electron chi connectivity index (χ0n) is 17.1. The molecule has 0 atom stereocenters. The van der Waals surface area contributed by atoms with Gasteiger partial charge in [0.1, 0.15) is 12.3 Å². The van der Waals surface area contributed by atoms with Gasteiger partial charge in [-0.1, -0.05) is 42.5 Å². The molecule has 0 unspecified atom stereocenters. The number of benzene rings is 2. The maximum absolute atomic E-state index is 12.6. The summed E-state index contributed by atoms with van der Waals surface area (Å²) >= 11 is 0. The van der Waals surface area contributed by atoms with E-state index in [1.165, 1.54) is 17.0 Å². The van der Waals surface area contributed by atoms with Crippen molar-refractivity contribution in [1.29, 1.82) is 0 Å². The van der Waals surface area contributed by atoms with Gasteiger partial charge in [0.25, 0.3) is 10.1 Å². The average Bonchev–Trinajstić information content (AvgIpc) is 2.66. The van der Waals surface area contributed by atoms with E-state index in [4.69, 9.17) is 13.7 Å². The van der Waals surface area contributed by atoms with Crippen molar-refractivity contribution in [3.05, 3.63) is 65.7 Å². The molecule has 158 valence electrons. The summed E-state index contributed by atoms with van der Waals surface area (Å²) in [5.74, 6) is 0. The van der Waals surface area contributed by atoms with Crippen LogP contribution in [-0.4, -0.2) is 38.9 Å². The molecule has 0 bridgehead atoms. The Kier molecular flexibility index (Phi) is 7.78. The second kappa shape index (κ2) is 9.87. The second-order valence-corrected chi connectivity index (χ2v) is 9.06. The minimum absolute atomic E-state index is 0.0213. The smallest absolute Gasteiger partial charge is 0.412 e. The lowest BCUT2D eigenvalue weighted by Crippen LogP contribution is -2.38. The van der Waals surface area contributed by atoms with Gasteiger partial charge in [-0.2, -0.15) is 8.42 Å². The molecule has 0 fully saturated rings. The van der Waals surface area contributed by atoms with E-state index in [9.17, 15) is 13.2 Å². The zero-order valence-corrected chi connectivity index (χ0v) is 17.9. The summed E-state index contributed by atoms with van der Waals surface area (Å²) in [6.07, 6.45) is -0.665. The lowest BCUT2D eigenvalue weighted by molar-refractivity contribution is 0.00860. The van der Waals surface area contributed by atoms with Gasteiger partial charge in [0, 0.05) is 7.11 Å². The van der Waals surface area contributed by atoms with Gasteiger partial charge >= 0.3 is 6.09 Å². The molecular weight excluding hydrogens is 394 g/mol. The quantitative estimate of drug-likeness (QED) is 0.474. The molecule has 0 N–H and O–H groups in total. The Balaban J connectivity index is 2.15. The van der Waals surface area contributed by atoms with Gasteiger partial charge in [-0.25, -0.2) is 8.98 Å². The van der Waals surface area contributed by atoms with Crippen LogP contribution >= 0.6 is 0 Å². The van der Waals surface area contributed by atoms with Crippen LogP contribution in [0.5, 0.6) is 0 Å². The predicted octanol–water partition coefficient (Wildman–Crippen LogP) is 3.93. The highest BCUT2D eigenvalue weighted by atomic mass is 32.2. The predicted molar refractivity (Wildman–Crippen MR) is 109 cm³/mol. The van der Waals surface area contributed by atoms with Gasteiger partial charge in [0.05, 0.1) is 18.0 Å². The SMILES string of the molecule is COCc1ccc(CN(COS(=O)(=O)c2ccccc2)C(=O)OC(C)(C)C)cc1. The number of nitrogens with zero attached hydrogens (tertiary/aromatic N) is 1. The third kappa shape index (κ3) is 7.49. The van der Waals surface area contributed by atoms with Crippen LogP contribution in [-0.2, 0) is 36.9 Å². The summed E-state index contributed by atoms with van der Waals surface area (Å²) in [5.41, 5.74) is 1.06. The van der Waals surface area contributed by atoms with Crippen molar-refractivity contribution >= 4 is 16.2 Å². The fourth-order valence-electron chi connectivity index (χ4n) is 2.41. The Morgan fingerprint density at radius 1 is 0.966 bits per heavy atom. The van der Waals surface area contributed by atoms with E-state index in [2.05, 4.69) is 0 Å². The summed E-state index contributed by atoms with van der Waals surface area (Å²) in [7, 11) is -2.39. The van der Waals surface area contributed by atoms with E-state index in [-0.39, 0.29) is 11.4 Å². The molecule has 0 aliphatic carbocycles. The molecular formula is C21H27NO6S. The van der Waals surface area contributed by atoms with Crippen molar-refractivity contribution in [1.82, 2.24) is 4.90 Å². The standard InChI is InChI=1S/C21H27NO6S/c1-21(2,3)28-20(23)22(14-17-10-12-18(13-11-17)15-26-4)16-27-29(24,25)19-8-6-5-7-9-19/h5-13H,14-16H2,1-4H3. The van der Waals surface area contributed by atoms with Gasteiger partial charge in [-0.05, 0) is 44.0 Å². The molecule has 0 aliphatic rings. The number of carbonyl (C=O) groups excluding carboxylic acids is 1. The average molecular weight is 422 g/mol.